The number of aliphatic hydroxyl groups is 1. The average Bonchev–Trinajstić information content (AvgIpc) is 3.52. The molecular formula is C28H30FN5O3. The fourth-order valence-electron chi connectivity index (χ4n) is 4.09. The molecule has 0 saturated heterocycles. The van der Waals surface area contributed by atoms with Crippen molar-refractivity contribution in [1.29, 1.82) is 0 Å². The van der Waals surface area contributed by atoms with Crippen LogP contribution in [-0.2, 0) is 0 Å². The molecule has 0 atom stereocenters. The Bertz CT molecular complexity index is 1490. The van der Waals surface area contributed by atoms with Gasteiger partial charge in [-0.15, -0.1) is 5.10 Å². The Hall–Kier alpha value is -3.98. The number of aryl methyl sites for hydroxylation is 2. The highest BCUT2D eigenvalue weighted by atomic mass is 19.1. The molecule has 0 aliphatic heterocycles. The zero-order chi connectivity index (χ0) is 26.3. The lowest BCUT2D eigenvalue weighted by molar-refractivity contribution is 0.0940. The van der Waals surface area contributed by atoms with Gasteiger partial charge in [-0.05, 0) is 75.4 Å². The molecule has 0 unspecified atom stereocenters. The molecule has 1 saturated carbocycles. The molecule has 1 aliphatic carbocycles. The van der Waals surface area contributed by atoms with Gasteiger partial charge in [0, 0.05) is 30.5 Å². The molecule has 4 aromatic rings. The summed E-state index contributed by atoms with van der Waals surface area (Å²) < 4.78 is 22.3. The molecule has 1 amide bonds. The average molecular weight is 504 g/mol. The van der Waals surface area contributed by atoms with Crippen LogP contribution < -0.4 is 15.4 Å². The van der Waals surface area contributed by atoms with Crippen molar-refractivity contribution in [1.82, 2.24) is 19.9 Å². The lowest BCUT2D eigenvalue weighted by Crippen LogP contribution is -2.29. The summed E-state index contributed by atoms with van der Waals surface area (Å²) in [7, 11) is 0. The third kappa shape index (κ3) is 5.41. The Morgan fingerprint density at radius 1 is 1.22 bits per heavy atom. The molecule has 192 valence electrons. The standard InChI is InChI=1S/C28H30FN5O3/c1-16-5-10-21(29)22(13-16)37-27-23(18-6-9-20(17(2)14-18)26(35)32-19-7-8-19)24(31-15-28(3,4)36)25-30-11-12-34(25)33-27/h5-6,9-14,19,31,36H,7-8,15H2,1-4H3,(H,32,35). The predicted molar refractivity (Wildman–Crippen MR) is 140 cm³/mol. The van der Waals surface area contributed by atoms with E-state index in [-0.39, 0.29) is 30.1 Å². The van der Waals surface area contributed by atoms with Gasteiger partial charge in [0.2, 0.25) is 5.88 Å². The first-order chi connectivity index (χ1) is 17.6. The minimum atomic E-state index is -1.02. The number of imidazole rings is 1. The highest BCUT2D eigenvalue weighted by Crippen LogP contribution is 2.41. The van der Waals surface area contributed by atoms with Gasteiger partial charge in [0.1, 0.15) is 0 Å². The maximum absolute atomic E-state index is 14.7. The predicted octanol–water partition coefficient (Wildman–Crippen LogP) is 5.02. The van der Waals surface area contributed by atoms with Gasteiger partial charge in [0.25, 0.3) is 5.91 Å². The zero-order valence-corrected chi connectivity index (χ0v) is 21.3. The van der Waals surface area contributed by atoms with Crippen LogP contribution >= 0.6 is 0 Å². The number of hydrogen-bond acceptors (Lipinski definition) is 6. The Labute approximate surface area is 214 Å². The largest absolute Gasteiger partial charge is 0.434 e. The zero-order valence-electron chi connectivity index (χ0n) is 21.3. The number of ether oxygens (including phenoxy) is 1. The van der Waals surface area contributed by atoms with Crippen molar-refractivity contribution in [3.63, 3.8) is 0 Å². The van der Waals surface area contributed by atoms with E-state index in [4.69, 9.17) is 4.74 Å². The lowest BCUT2D eigenvalue weighted by atomic mass is 9.98. The van der Waals surface area contributed by atoms with Crippen LogP contribution in [0.5, 0.6) is 11.6 Å². The van der Waals surface area contributed by atoms with Crippen molar-refractivity contribution in [2.24, 2.45) is 0 Å². The topological polar surface area (TPSA) is 101 Å². The van der Waals surface area contributed by atoms with Crippen molar-refractivity contribution in [2.75, 3.05) is 11.9 Å². The number of benzene rings is 2. The number of fused-ring (bicyclic) bond motifs is 1. The first-order valence-corrected chi connectivity index (χ1v) is 12.3. The van der Waals surface area contributed by atoms with Gasteiger partial charge in [-0.1, -0.05) is 18.2 Å². The van der Waals surface area contributed by atoms with Gasteiger partial charge in [-0.3, -0.25) is 4.79 Å². The number of carbonyl (C=O) groups excluding carboxylic acids is 1. The molecule has 2 heterocycles. The molecule has 5 rings (SSSR count). The highest BCUT2D eigenvalue weighted by Gasteiger charge is 2.26. The second-order valence-electron chi connectivity index (χ2n) is 10.2. The minimum Gasteiger partial charge on any atom is -0.434 e. The quantitative estimate of drug-likeness (QED) is 0.312. The summed E-state index contributed by atoms with van der Waals surface area (Å²) in [6, 6.07) is 10.4. The van der Waals surface area contributed by atoms with Crippen LogP contribution in [-0.4, -0.2) is 43.8 Å². The second kappa shape index (κ2) is 9.48. The summed E-state index contributed by atoms with van der Waals surface area (Å²) in [6.45, 7) is 7.33. The van der Waals surface area contributed by atoms with E-state index < -0.39 is 11.4 Å². The number of nitrogens with zero attached hydrogens (tertiary/aromatic N) is 3. The fourth-order valence-corrected chi connectivity index (χ4v) is 4.09. The number of rotatable bonds is 8. The van der Waals surface area contributed by atoms with Crippen LogP contribution in [0.25, 0.3) is 16.8 Å². The van der Waals surface area contributed by atoms with Crippen molar-refractivity contribution < 1.29 is 19.0 Å². The molecule has 2 aromatic heterocycles. The van der Waals surface area contributed by atoms with Crippen LogP contribution in [0.4, 0.5) is 10.1 Å². The Morgan fingerprint density at radius 2 is 2.00 bits per heavy atom. The Balaban J connectivity index is 1.66. The van der Waals surface area contributed by atoms with Crippen LogP contribution in [0.2, 0.25) is 0 Å². The highest BCUT2D eigenvalue weighted by molar-refractivity contribution is 5.97. The van der Waals surface area contributed by atoms with Crippen LogP contribution in [0.15, 0.2) is 48.8 Å². The number of nitrogens with one attached hydrogen (secondary N) is 2. The summed E-state index contributed by atoms with van der Waals surface area (Å²) >= 11 is 0. The SMILES string of the molecule is Cc1ccc(F)c(Oc2nn3ccnc3c(NCC(C)(C)O)c2-c2ccc(C(=O)NC3CC3)c(C)c2)c1. The van der Waals surface area contributed by atoms with E-state index in [1.165, 1.54) is 6.07 Å². The third-order valence-electron chi connectivity index (χ3n) is 6.17. The molecule has 2 aromatic carbocycles. The van der Waals surface area contributed by atoms with E-state index >= 15 is 0 Å². The minimum absolute atomic E-state index is 0.0406. The summed E-state index contributed by atoms with van der Waals surface area (Å²) in [5.41, 5.74) is 3.52. The molecule has 0 radical (unpaired) electrons. The molecule has 1 fully saturated rings. The monoisotopic (exact) mass is 503 g/mol. The van der Waals surface area contributed by atoms with Gasteiger partial charge in [0.05, 0.1) is 16.9 Å². The first kappa shape index (κ1) is 24.7. The number of hydrogen-bond donors (Lipinski definition) is 3. The van der Waals surface area contributed by atoms with Crippen LogP contribution in [0.3, 0.4) is 0 Å². The van der Waals surface area contributed by atoms with Gasteiger partial charge >= 0.3 is 0 Å². The van der Waals surface area contributed by atoms with Crippen molar-refractivity contribution in [3.05, 3.63) is 71.3 Å². The fraction of sp³-hybridized carbons (Fsp3) is 0.321. The Kier molecular flexibility index (Phi) is 6.33. The van der Waals surface area contributed by atoms with Gasteiger partial charge in [-0.25, -0.2) is 13.9 Å². The smallest absolute Gasteiger partial charge is 0.251 e. The molecule has 0 spiro atoms. The van der Waals surface area contributed by atoms with Crippen molar-refractivity contribution in [2.45, 2.75) is 52.2 Å². The molecule has 8 nitrogen and oxygen atoms in total. The molecule has 37 heavy (non-hydrogen) atoms. The number of halogens is 1. The molecule has 0 bridgehead atoms. The summed E-state index contributed by atoms with van der Waals surface area (Å²) in [5, 5.41) is 21.3. The normalized spacial score (nSPS) is 13.6. The number of aromatic nitrogens is 3. The van der Waals surface area contributed by atoms with Crippen molar-refractivity contribution in [3.8, 4) is 22.8 Å². The summed E-state index contributed by atoms with van der Waals surface area (Å²) in [5.74, 6) is -0.424. The maximum Gasteiger partial charge on any atom is 0.251 e. The second-order valence-corrected chi connectivity index (χ2v) is 10.2. The van der Waals surface area contributed by atoms with Crippen LogP contribution in [0, 0.1) is 19.7 Å². The number of anilines is 1. The molecular weight excluding hydrogens is 473 g/mol. The van der Waals surface area contributed by atoms with E-state index in [9.17, 15) is 14.3 Å². The van der Waals surface area contributed by atoms with E-state index in [1.807, 2.05) is 26.0 Å². The Morgan fingerprint density at radius 3 is 2.70 bits per heavy atom. The lowest BCUT2D eigenvalue weighted by Gasteiger charge is -2.22. The van der Waals surface area contributed by atoms with Gasteiger partial charge in [0.15, 0.2) is 17.2 Å². The summed E-state index contributed by atoms with van der Waals surface area (Å²) in [6.07, 6.45) is 5.29. The molecule has 3 N–H and O–H groups in total. The summed E-state index contributed by atoms with van der Waals surface area (Å²) in [4.78, 5) is 17.2. The van der Waals surface area contributed by atoms with Crippen molar-refractivity contribution >= 4 is 17.2 Å². The molecule has 9 heteroatoms. The first-order valence-electron chi connectivity index (χ1n) is 12.3. The number of amides is 1. The van der Waals surface area contributed by atoms with Gasteiger partial charge in [-0.2, -0.15) is 0 Å². The van der Waals surface area contributed by atoms with Gasteiger partial charge < -0.3 is 20.5 Å². The van der Waals surface area contributed by atoms with Crippen LogP contribution in [0.1, 0.15) is 48.2 Å². The third-order valence-corrected chi connectivity index (χ3v) is 6.17. The van der Waals surface area contributed by atoms with E-state index in [1.54, 1.807) is 49.0 Å². The molecule has 1 aliphatic rings. The van der Waals surface area contributed by atoms with E-state index in [0.717, 1.165) is 24.0 Å². The maximum atomic E-state index is 14.7. The van der Waals surface area contributed by atoms with E-state index in [2.05, 4.69) is 20.7 Å². The number of carbonyl (C=O) groups is 1. The van der Waals surface area contributed by atoms with E-state index in [0.29, 0.717) is 28.0 Å².